The first-order chi connectivity index (χ1) is 12.5. The Balaban J connectivity index is 1.85. The van der Waals surface area contributed by atoms with Gasteiger partial charge in [0.2, 0.25) is 0 Å². The summed E-state index contributed by atoms with van der Waals surface area (Å²) in [7, 11) is 0. The molecule has 1 aromatic rings. The van der Waals surface area contributed by atoms with Crippen LogP contribution in [0.1, 0.15) is 77.2 Å². The lowest BCUT2D eigenvalue weighted by atomic mass is 9.82. The van der Waals surface area contributed by atoms with Crippen molar-refractivity contribution in [1.29, 1.82) is 0 Å². The Morgan fingerprint density at radius 3 is 2.46 bits per heavy atom. The summed E-state index contributed by atoms with van der Waals surface area (Å²) in [5.41, 5.74) is 1.08. The number of benzene rings is 1. The highest BCUT2D eigenvalue weighted by Crippen LogP contribution is 2.29. The largest absolute Gasteiger partial charge is 0.295 e. The van der Waals surface area contributed by atoms with E-state index in [1.165, 1.54) is 37.0 Å². The molecule has 1 aliphatic rings. The van der Waals surface area contributed by atoms with Gasteiger partial charge in [-0.2, -0.15) is 0 Å². The minimum atomic E-state index is 0.222. The molecule has 0 aromatic heterocycles. The van der Waals surface area contributed by atoms with Gasteiger partial charge in [0.15, 0.2) is 5.78 Å². The summed E-state index contributed by atoms with van der Waals surface area (Å²) in [4.78, 5) is 13.6. The van der Waals surface area contributed by atoms with Gasteiger partial charge in [-0.3, -0.25) is 4.79 Å². The molecular formula is C24H34OS. The summed E-state index contributed by atoms with van der Waals surface area (Å²) in [5.74, 6) is 2.01. The van der Waals surface area contributed by atoms with Crippen LogP contribution >= 0.6 is 12.2 Å². The molecule has 0 aliphatic heterocycles. The molecule has 1 saturated carbocycles. The first-order valence-corrected chi connectivity index (χ1v) is 10.7. The lowest BCUT2D eigenvalue weighted by molar-refractivity contribution is -0.115. The highest BCUT2D eigenvalue weighted by atomic mass is 32.1. The molecule has 1 fully saturated rings. The number of thiocarbonyl (C=S) groups is 1. The molecule has 1 aromatic carbocycles. The van der Waals surface area contributed by atoms with Crippen LogP contribution in [0.2, 0.25) is 0 Å². The van der Waals surface area contributed by atoms with Crippen LogP contribution in [0.15, 0.2) is 36.4 Å². The Hall–Kier alpha value is -1.28. The van der Waals surface area contributed by atoms with Crippen LogP contribution in [-0.4, -0.2) is 10.6 Å². The van der Waals surface area contributed by atoms with Gasteiger partial charge in [-0.25, -0.2) is 0 Å². The fourth-order valence-corrected chi connectivity index (χ4v) is 4.60. The van der Waals surface area contributed by atoms with E-state index in [-0.39, 0.29) is 5.78 Å². The zero-order valence-corrected chi connectivity index (χ0v) is 17.3. The van der Waals surface area contributed by atoms with Crippen molar-refractivity contribution in [2.24, 2.45) is 17.8 Å². The molecule has 0 radical (unpaired) electrons. The number of carbonyl (C=O) groups excluding carboxylic acids is 1. The van der Waals surface area contributed by atoms with E-state index in [9.17, 15) is 4.79 Å². The van der Waals surface area contributed by atoms with Gasteiger partial charge in [-0.15, -0.1) is 0 Å². The quantitative estimate of drug-likeness (QED) is 0.324. The second-order valence-corrected chi connectivity index (χ2v) is 8.94. The lowest BCUT2D eigenvalue weighted by Crippen LogP contribution is -2.17. The van der Waals surface area contributed by atoms with E-state index in [4.69, 9.17) is 12.2 Å². The molecule has 0 N–H and O–H groups in total. The highest BCUT2D eigenvalue weighted by molar-refractivity contribution is 7.80. The summed E-state index contributed by atoms with van der Waals surface area (Å²) in [6.45, 7) is 4.48. The molecule has 1 atom stereocenters. The van der Waals surface area contributed by atoms with E-state index in [1.54, 1.807) is 6.08 Å². The number of ketones is 1. The normalized spacial score (nSPS) is 16.9. The molecular weight excluding hydrogens is 336 g/mol. The fourth-order valence-electron chi connectivity index (χ4n) is 4.13. The number of hydrogen-bond acceptors (Lipinski definition) is 2. The Morgan fingerprint density at radius 1 is 1.12 bits per heavy atom. The van der Waals surface area contributed by atoms with Gasteiger partial charge < -0.3 is 0 Å². The maximum Gasteiger partial charge on any atom is 0.155 e. The standard InChI is InChI=1S/C24H34OS/c1-19(2)15-22(18-24(26)17-21-11-7-4-8-12-21)16-23(25)14-13-20-9-5-3-6-10-20/h3,5-6,9-10,13-14,19,21-22H,4,7-8,11-12,15-18H2,1-2H3/b14-13+. The van der Waals surface area contributed by atoms with Crippen molar-refractivity contribution in [2.75, 3.05) is 0 Å². The Morgan fingerprint density at radius 2 is 1.81 bits per heavy atom. The summed E-state index contributed by atoms with van der Waals surface area (Å²) in [6, 6.07) is 10.0. The number of hydrogen-bond donors (Lipinski definition) is 0. The molecule has 0 amide bonds. The van der Waals surface area contributed by atoms with Crippen LogP contribution in [0.5, 0.6) is 0 Å². The second kappa shape index (κ2) is 11.4. The molecule has 26 heavy (non-hydrogen) atoms. The first kappa shape index (κ1) is 21.0. The minimum absolute atomic E-state index is 0.222. The van der Waals surface area contributed by atoms with Crippen molar-refractivity contribution in [2.45, 2.75) is 71.6 Å². The minimum Gasteiger partial charge on any atom is -0.295 e. The molecule has 1 aliphatic carbocycles. The maximum absolute atomic E-state index is 12.4. The van der Waals surface area contributed by atoms with E-state index in [2.05, 4.69) is 13.8 Å². The molecule has 0 spiro atoms. The van der Waals surface area contributed by atoms with Gasteiger partial charge in [0.1, 0.15) is 0 Å². The topological polar surface area (TPSA) is 17.1 Å². The van der Waals surface area contributed by atoms with Gasteiger partial charge in [-0.05, 0) is 53.5 Å². The third-order valence-corrected chi connectivity index (χ3v) is 5.65. The molecule has 2 heteroatoms. The molecule has 0 saturated heterocycles. The van der Waals surface area contributed by atoms with Crippen LogP contribution in [0.3, 0.4) is 0 Å². The van der Waals surface area contributed by atoms with Gasteiger partial charge in [-0.1, -0.05) is 94.6 Å². The molecule has 2 rings (SSSR count). The van der Waals surface area contributed by atoms with Crippen molar-refractivity contribution in [3.05, 3.63) is 42.0 Å². The maximum atomic E-state index is 12.4. The van der Waals surface area contributed by atoms with Gasteiger partial charge in [0.05, 0.1) is 0 Å². The van der Waals surface area contributed by atoms with Crippen molar-refractivity contribution >= 4 is 28.9 Å². The van der Waals surface area contributed by atoms with Crippen molar-refractivity contribution in [3.8, 4) is 0 Å². The van der Waals surface area contributed by atoms with E-state index < -0.39 is 0 Å². The number of carbonyl (C=O) groups is 1. The average Bonchev–Trinajstić information content (AvgIpc) is 2.61. The molecule has 0 heterocycles. The van der Waals surface area contributed by atoms with E-state index >= 15 is 0 Å². The van der Waals surface area contributed by atoms with Crippen LogP contribution in [0.25, 0.3) is 6.08 Å². The molecule has 1 unspecified atom stereocenters. The summed E-state index contributed by atoms with van der Waals surface area (Å²) in [5, 5.41) is 0. The van der Waals surface area contributed by atoms with Gasteiger partial charge in [0, 0.05) is 6.42 Å². The molecule has 142 valence electrons. The Labute approximate surface area is 165 Å². The highest BCUT2D eigenvalue weighted by Gasteiger charge is 2.20. The predicted octanol–water partition coefficient (Wildman–Crippen LogP) is 7.05. The smallest absolute Gasteiger partial charge is 0.155 e. The van der Waals surface area contributed by atoms with Gasteiger partial charge >= 0.3 is 0 Å². The SMILES string of the molecule is CC(C)CC(CC(=O)/C=C/c1ccccc1)CC(=S)CC1CCCCC1. The van der Waals surface area contributed by atoms with Crippen LogP contribution in [0, 0.1) is 17.8 Å². The van der Waals surface area contributed by atoms with Crippen molar-refractivity contribution in [3.63, 3.8) is 0 Å². The average molecular weight is 371 g/mol. The summed E-state index contributed by atoms with van der Waals surface area (Å²) >= 11 is 5.73. The third-order valence-electron chi connectivity index (χ3n) is 5.31. The Kier molecular flexibility index (Phi) is 9.25. The van der Waals surface area contributed by atoms with Crippen LogP contribution in [-0.2, 0) is 4.79 Å². The Bertz CT molecular complexity index is 581. The van der Waals surface area contributed by atoms with Crippen molar-refractivity contribution in [1.82, 2.24) is 0 Å². The number of allylic oxidation sites excluding steroid dienone is 1. The van der Waals surface area contributed by atoms with Crippen molar-refractivity contribution < 1.29 is 4.79 Å². The van der Waals surface area contributed by atoms with Gasteiger partial charge in [0.25, 0.3) is 0 Å². The van der Waals surface area contributed by atoms with E-state index in [0.717, 1.165) is 30.7 Å². The zero-order chi connectivity index (χ0) is 18.8. The summed E-state index contributed by atoms with van der Waals surface area (Å²) < 4.78 is 0. The summed E-state index contributed by atoms with van der Waals surface area (Å²) in [6.07, 6.45) is 14.2. The predicted molar refractivity (Wildman–Crippen MR) is 116 cm³/mol. The van der Waals surface area contributed by atoms with E-state index in [0.29, 0.717) is 18.3 Å². The molecule has 1 nitrogen and oxygen atoms in total. The van der Waals surface area contributed by atoms with Crippen LogP contribution in [0.4, 0.5) is 0 Å². The second-order valence-electron chi connectivity index (χ2n) is 8.36. The zero-order valence-electron chi connectivity index (χ0n) is 16.5. The first-order valence-electron chi connectivity index (χ1n) is 10.3. The fraction of sp³-hybridized carbons (Fsp3) is 0.583. The number of rotatable bonds is 10. The molecule has 0 bridgehead atoms. The third kappa shape index (κ3) is 8.40. The van der Waals surface area contributed by atoms with Crippen LogP contribution < -0.4 is 0 Å². The monoisotopic (exact) mass is 370 g/mol. The lowest BCUT2D eigenvalue weighted by Gasteiger charge is -2.24. The van der Waals surface area contributed by atoms with E-state index in [1.807, 2.05) is 36.4 Å².